The summed E-state index contributed by atoms with van der Waals surface area (Å²) in [6.45, 7) is 5.75. The molecule has 2 rings (SSSR count). The number of rotatable bonds is 8. The molecule has 0 spiro atoms. The molecule has 7 heteroatoms. The molecule has 0 aliphatic rings. The third-order valence-electron chi connectivity index (χ3n) is 4.55. The molecule has 0 heterocycles. The topological polar surface area (TPSA) is 37.4 Å². The molecular formula is C22H24F3NO2S. The van der Waals surface area contributed by atoms with Crippen molar-refractivity contribution in [2.45, 2.75) is 31.3 Å². The number of allylic oxidation sites excluding steroid dienone is 1. The van der Waals surface area contributed by atoms with Gasteiger partial charge in [-0.15, -0.1) is 0 Å². The van der Waals surface area contributed by atoms with Crippen LogP contribution in [0.2, 0.25) is 0 Å². The Morgan fingerprint density at radius 3 is 2.17 bits per heavy atom. The smallest absolute Gasteiger partial charge is 0.207 e. The van der Waals surface area contributed by atoms with Gasteiger partial charge in [-0.05, 0) is 43.5 Å². The van der Waals surface area contributed by atoms with Gasteiger partial charge in [-0.3, -0.25) is 0 Å². The average molecular weight is 424 g/mol. The average Bonchev–Trinajstić information content (AvgIpc) is 2.67. The SMILES string of the molecule is C=C(CN(CC/C(=C/C)c1ccccc1)S(=O)(=O)c1ccc(C)cc1)C(F)(F)F. The van der Waals surface area contributed by atoms with Gasteiger partial charge in [-0.25, -0.2) is 8.42 Å². The third-order valence-corrected chi connectivity index (χ3v) is 6.41. The van der Waals surface area contributed by atoms with Gasteiger partial charge in [-0.1, -0.05) is 60.7 Å². The molecule has 0 atom stereocenters. The number of aryl methyl sites for hydroxylation is 1. The fourth-order valence-corrected chi connectivity index (χ4v) is 4.23. The van der Waals surface area contributed by atoms with Gasteiger partial charge in [0, 0.05) is 18.7 Å². The zero-order valence-electron chi connectivity index (χ0n) is 16.4. The van der Waals surface area contributed by atoms with Gasteiger partial charge in [0.2, 0.25) is 10.0 Å². The molecule has 0 aromatic heterocycles. The van der Waals surface area contributed by atoms with Gasteiger partial charge in [-0.2, -0.15) is 17.5 Å². The Kier molecular flexibility index (Phi) is 7.43. The number of halogens is 3. The number of sulfonamides is 1. The van der Waals surface area contributed by atoms with Crippen molar-refractivity contribution in [2.75, 3.05) is 13.1 Å². The summed E-state index contributed by atoms with van der Waals surface area (Å²) in [5, 5.41) is 0. The second kappa shape index (κ2) is 9.41. The predicted molar refractivity (Wildman–Crippen MR) is 110 cm³/mol. The first kappa shape index (κ1) is 22.9. The van der Waals surface area contributed by atoms with Crippen molar-refractivity contribution in [1.82, 2.24) is 4.31 Å². The lowest BCUT2D eigenvalue weighted by atomic mass is 10.0. The molecule has 29 heavy (non-hydrogen) atoms. The summed E-state index contributed by atoms with van der Waals surface area (Å²) in [5.74, 6) is 0. The van der Waals surface area contributed by atoms with Gasteiger partial charge in [0.15, 0.2) is 0 Å². The van der Waals surface area contributed by atoms with E-state index in [1.807, 2.05) is 43.3 Å². The number of hydrogen-bond donors (Lipinski definition) is 0. The van der Waals surface area contributed by atoms with Crippen LogP contribution in [0.5, 0.6) is 0 Å². The number of hydrogen-bond acceptors (Lipinski definition) is 2. The Morgan fingerprint density at radius 2 is 1.66 bits per heavy atom. The van der Waals surface area contributed by atoms with Crippen molar-refractivity contribution in [1.29, 1.82) is 0 Å². The fourth-order valence-electron chi connectivity index (χ4n) is 2.80. The minimum absolute atomic E-state index is 0.0418. The Labute approximate surface area is 170 Å². The van der Waals surface area contributed by atoms with Crippen molar-refractivity contribution < 1.29 is 21.6 Å². The van der Waals surface area contributed by atoms with Gasteiger partial charge in [0.25, 0.3) is 0 Å². The summed E-state index contributed by atoms with van der Waals surface area (Å²) >= 11 is 0. The maximum atomic E-state index is 13.1. The zero-order valence-corrected chi connectivity index (χ0v) is 17.2. The van der Waals surface area contributed by atoms with Crippen LogP contribution in [0, 0.1) is 6.92 Å². The quantitative estimate of drug-likeness (QED) is 0.519. The largest absolute Gasteiger partial charge is 0.413 e. The second-order valence-corrected chi connectivity index (χ2v) is 8.62. The molecule has 0 aliphatic heterocycles. The predicted octanol–water partition coefficient (Wildman–Crippen LogP) is 5.60. The van der Waals surface area contributed by atoms with Gasteiger partial charge in [0.1, 0.15) is 0 Å². The standard InChI is InChI=1S/C22H24F3NO2S/c1-4-19(20-8-6-5-7-9-20)14-15-26(16-18(3)22(23,24)25)29(27,28)21-12-10-17(2)11-13-21/h4-13H,3,14-16H2,1-2H3/b19-4-. The van der Waals surface area contributed by atoms with E-state index in [0.717, 1.165) is 21.0 Å². The zero-order chi connectivity index (χ0) is 21.7. The van der Waals surface area contributed by atoms with E-state index < -0.39 is 28.3 Å². The van der Waals surface area contributed by atoms with Crippen molar-refractivity contribution in [3.05, 3.63) is 84.0 Å². The molecule has 0 aliphatic carbocycles. The second-order valence-electron chi connectivity index (χ2n) is 6.68. The van der Waals surface area contributed by atoms with E-state index in [2.05, 4.69) is 6.58 Å². The number of alkyl halides is 3. The molecule has 0 bridgehead atoms. The molecule has 2 aromatic rings. The van der Waals surface area contributed by atoms with Crippen LogP contribution >= 0.6 is 0 Å². The van der Waals surface area contributed by atoms with Crippen LogP contribution < -0.4 is 0 Å². The normalized spacial score (nSPS) is 13.0. The van der Waals surface area contributed by atoms with Gasteiger partial charge in [0.05, 0.1) is 4.90 Å². The third kappa shape index (κ3) is 6.05. The highest BCUT2D eigenvalue weighted by Crippen LogP contribution is 2.28. The van der Waals surface area contributed by atoms with Crippen LogP contribution in [0.1, 0.15) is 24.5 Å². The van der Waals surface area contributed by atoms with E-state index in [-0.39, 0.29) is 17.9 Å². The molecular weight excluding hydrogens is 399 g/mol. The Bertz CT molecular complexity index is 963. The van der Waals surface area contributed by atoms with Crippen molar-refractivity contribution in [3.63, 3.8) is 0 Å². The monoisotopic (exact) mass is 423 g/mol. The molecule has 2 aromatic carbocycles. The molecule has 0 radical (unpaired) electrons. The highest BCUT2D eigenvalue weighted by Gasteiger charge is 2.36. The van der Waals surface area contributed by atoms with Crippen molar-refractivity contribution in [2.24, 2.45) is 0 Å². The van der Waals surface area contributed by atoms with E-state index in [0.29, 0.717) is 0 Å². The summed E-state index contributed by atoms with van der Waals surface area (Å²) in [4.78, 5) is -0.0418. The summed E-state index contributed by atoms with van der Waals surface area (Å²) in [5.41, 5.74) is 1.51. The summed E-state index contributed by atoms with van der Waals surface area (Å²) in [6.07, 6.45) is -2.55. The lowest BCUT2D eigenvalue weighted by Gasteiger charge is -2.24. The first-order valence-electron chi connectivity index (χ1n) is 9.08. The minimum Gasteiger partial charge on any atom is -0.207 e. The highest BCUT2D eigenvalue weighted by atomic mass is 32.2. The summed E-state index contributed by atoms with van der Waals surface area (Å²) in [7, 11) is -4.11. The molecule has 156 valence electrons. The lowest BCUT2D eigenvalue weighted by molar-refractivity contribution is -0.0938. The molecule has 0 N–H and O–H groups in total. The Morgan fingerprint density at radius 1 is 1.07 bits per heavy atom. The molecule has 0 amide bonds. The summed E-state index contributed by atoms with van der Waals surface area (Å²) < 4.78 is 66.1. The molecule has 3 nitrogen and oxygen atoms in total. The highest BCUT2D eigenvalue weighted by molar-refractivity contribution is 7.89. The fraction of sp³-hybridized carbons (Fsp3) is 0.273. The van der Waals surface area contributed by atoms with E-state index in [1.165, 1.54) is 12.1 Å². The van der Waals surface area contributed by atoms with Crippen molar-refractivity contribution >= 4 is 15.6 Å². The van der Waals surface area contributed by atoms with Crippen LogP contribution in [-0.2, 0) is 10.0 Å². The lowest BCUT2D eigenvalue weighted by Crippen LogP contribution is -2.36. The van der Waals surface area contributed by atoms with Crippen LogP contribution in [-0.4, -0.2) is 32.0 Å². The molecule has 0 fully saturated rings. The van der Waals surface area contributed by atoms with E-state index in [1.54, 1.807) is 19.1 Å². The molecule has 0 unspecified atom stereocenters. The number of nitrogens with zero attached hydrogens (tertiary/aromatic N) is 1. The van der Waals surface area contributed by atoms with Crippen LogP contribution in [0.15, 0.2) is 77.7 Å². The first-order valence-corrected chi connectivity index (χ1v) is 10.5. The summed E-state index contributed by atoms with van der Waals surface area (Å²) in [6, 6.07) is 15.4. The maximum absolute atomic E-state index is 13.1. The van der Waals surface area contributed by atoms with E-state index in [9.17, 15) is 21.6 Å². The Balaban J connectivity index is 2.32. The molecule has 0 saturated heterocycles. The first-order chi connectivity index (χ1) is 13.6. The number of benzene rings is 2. The van der Waals surface area contributed by atoms with Gasteiger partial charge >= 0.3 is 6.18 Å². The Hall–Kier alpha value is -2.38. The molecule has 0 saturated carbocycles. The minimum atomic E-state index is -4.66. The van der Waals surface area contributed by atoms with Crippen LogP contribution in [0.4, 0.5) is 13.2 Å². The van der Waals surface area contributed by atoms with Gasteiger partial charge < -0.3 is 0 Å². The van der Waals surface area contributed by atoms with E-state index in [4.69, 9.17) is 0 Å². The van der Waals surface area contributed by atoms with Crippen molar-refractivity contribution in [3.8, 4) is 0 Å². The van der Waals surface area contributed by atoms with E-state index >= 15 is 0 Å². The maximum Gasteiger partial charge on any atom is 0.413 e. The van der Waals surface area contributed by atoms with Crippen LogP contribution in [0.3, 0.4) is 0 Å². The van der Waals surface area contributed by atoms with Crippen LogP contribution in [0.25, 0.3) is 5.57 Å².